The molecule has 0 fully saturated rings. The lowest BCUT2D eigenvalue weighted by atomic mass is 10.1. The van der Waals surface area contributed by atoms with Crippen molar-refractivity contribution in [3.05, 3.63) is 23.7 Å². The number of unbranched alkanes of at least 4 members (excludes halogenated alkanes) is 3. The number of hydrogen-bond donors (Lipinski definition) is 1. The Morgan fingerprint density at radius 2 is 2.11 bits per heavy atom. The van der Waals surface area contributed by atoms with Crippen molar-refractivity contribution < 1.29 is 9.21 Å². The minimum Gasteiger partial charge on any atom is -0.460 e. The smallest absolute Gasteiger partial charge is 0.240 e. The molecule has 1 aromatic heterocycles. The fourth-order valence-electron chi connectivity index (χ4n) is 1.60. The minimum absolute atomic E-state index is 0.0336. The first-order valence-corrected chi connectivity index (χ1v) is 6.53. The maximum Gasteiger partial charge on any atom is 0.240 e. The summed E-state index contributed by atoms with van der Waals surface area (Å²) in [4.78, 5) is 11.5. The van der Waals surface area contributed by atoms with Crippen molar-refractivity contribution in [1.82, 2.24) is 5.43 Å². The van der Waals surface area contributed by atoms with Crippen LogP contribution in [0.5, 0.6) is 0 Å². The Bertz CT molecular complexity index is 408. The van der Waals surface area contributed by atoms with E-state index in [1.807, 2.05) is 26.0 Å². The second-order valence-corrected chi connectivity index (χ2v) is 4.45. The molecule has 0 aliphatic carbocycles. The number of carbonyl (C=O) groups is 1. The third-order valence-electron chi connectivity index (χ3n) is 2.70. The number of amides is 1. The zero-order chi connectivity index (χ0) is 13.4. The average molecular weight is 250 g/mol. The van der Waals surface area contributed by atoms with Gasteiger partial charge in [-0.15, -0.1) is 0 Å². The van der Waals surface area contributed by atoms with Gasteiger partial charge in [0, 0.05) is 6.42 Å². The van der Waals surface area contributed by atoms with Crippen LogP contribution in [0.1, 0.15) is 57.5 Å². The van der Waals surface area contributed by atoms with Gasteiger partial charge >= 0.3 is 0 Å². The summed E-state index contributed by atoms with van der Waals surface area (Å²) in [5.74, 6) is 1.50. The van der Waals surface area contributed by atoms with Crippen LogP contribution in [0.3, 0.4) is 0 Å². The van der Waals surface area contributed by atoms with Gasteiger partial charge in [-0.2, -0.15) is 5.10 Å². The van der Waals surface area contributed by atoms with Crippen molar-refractivity contribution in [2.75, 3.05) is 0 Å². The van der Waals surface area contributed by atoms with Gasteiger partial charge in [0.2, 0.25) is 5.91 Å². The summed E-state index contributed by atoms with van der Waals surface area (Å²) in [6.45, 7) is 5.85. The van der Waals surface area contributed by atoms with E-state index in [0.29, 0.717) is 17.9 Å². The van der Waals surface area contributed by atoms with E-state index < -0.39 is 0 Å². The summed E-state index contributed by atoms with van der Waals surface area (Å²) in [6.07, 6.45) is 4.92. The van der Waals surface area contributed by atoms with Gasteiger partial charge in [-0.1, -0.05) is 26.2 Å². The molecule has 0 spiro atoms. The Morgan fingerprint density at radius 1 is 1.33 bits per heavy atom. The fourth-order valence-corrected chi connectivity index (χ4v) is 1.60. The number of furan rings is 1. The molecule has 0 saturated heterocycles. The Morgan fingerprint density at radius 3 is 2.72 bits per heavy atom. The molecule has 0 unspecified atom stereocenters. The largest absolute Gasteiger partial charge is 0.460 e. The quantitative estimate of drug-likeness (QED) is 0.458. The fraction of sp³-hybridized carbons (Fsp3) is 0.571. The molecule has 0 atom stereocenters. The number of aryl methyl sites for hydroxylation is 1. The highest BCUT2D eigenvalue weighted by atomic mass is 16.3. The molecule has 0 aromatic carbocycles. The maximum atomic E-state index is 11.5. The first kappa shape index (κ1) is 14.5. The summed E-state index contributed by atoms with van der Waals surface area (Å²) < 4.78 is 5.41. The van der Waals surface area contributed by atoms with Crippen LogP contribution in [0.2, 0.25) is 0 Å². The molecule has 4 heteroatoms. The van der Waals surface area contributed by atoms with Crippen LogP contribution in [0.25, 0.3) is 0 Å². The number of nitrogens with one attached hydrogen (secondary N) is 1. The molecule has 0 radical (unpaired) electrons. The Balaban J connectivity index is 2.32. The van der Waals surface area contributed by atoms with Gasteiger partial charge in [0.25, 0.3) is 0 Å². The zero-order valence-electron chi connectivity index (χ0n) is 11.5. The van der Waals surface area contributed by atoms with Gasteiger partial charge in [-0.05, 0) is 32.4 Å². The van der Waals surface area contributed by atoms with Crippen molar-refractivity contribution in [1.29, 1.82) is 0 Å². The van der Waals surface area contributed by atoms with Crippen LogP contribution in [0, 0.1) is 6.92 Å². The van der Waals surface area contributed by atoms with Crippen LogP contribution in [0.15, 0.2) is 21.7 Å². The van der Waals surface area contributed by atoms with Crippen LogP contribution in [0.4, 0.5) is 0 Å². The average Bonchev–Trinajstić information content (AvgIpc) is 2.78. The van der Waals surface area contributed by atoms with Gasteiger partial charge in [0.1, 0.15) is 17.2 Å². The van der Waals surface area contributed by atoms with E-state index >= 15 is 0 Å². The van der Waals surface area contributed by atoms with E-state index in [1.54, 1.807) is 0 Å². The van der Waals surface area contributed by atoms with Gasteiger partial charge < -0.3 is 4.42 Å². The third kappa shape index (κ3) is 5.17. The van der Waals surface area contributed by atoms with Crippen molar-refractivity contribution in [3.63, 3.8) is 0 Å². The SMILES string of the molecule is CCCCCCC(=O)NN=C(C)c1ccc(C)o1. The maximum absolute atomic E-state index is 11.5. The van der Waals surface area contributed by atoms with Gasteiger partial charge in [0.05, 0.1) is 0 Å². The highest BCUT2D eigenvalue weighted by Gasteiger charge is 2.04. The molecule has 0 aliphatic rings. The Labute approximate surface area is 108 Å². The number of hydrogen-bond acceptors (Lipinski definition) is 3. The molecule has 100 valence electrons. The molecule has 1 heterocycles. The minimum atomic E-state index is -0.0336. The normalized spacial score (nSPS) is 11.6. The summed E-state index contributed by atoms with van der Waals surface area (Å²) in [7, 11) is 0. The second-order valence-electron chi connectivity index (χ2n) is 4.45. The van der Waals surface area contributed by atoms with Crippen LogP contribution >= 0.6 is 0 Å². The lowest BCUT2D eigenvalue weighted by molar-refractivity contribution is -0.121. The molecular formula is C14H22N2O2. The van der Waals surface area contributed by atoms with E-state index in [2.05, 4.69) is 17.5 Å². The molecule has 1 aromatic rings. The molecule has 0 aliphatic heterocycles. The van der Waals surface area contributed by atoms with E-state index in [9.17, 15) is 4.79 Å². The second kappa shape index (κ2) is 7.69. The summed E-state index contributed by atoms with van der Waals surface area (Å²) in [6, 6.07) is 3.72. The van der Waals surface area contributed by atoms with E-state index in [0.717, 1.165) is 18.6 Å². The van der Waals surface area contributed by atoms with Crippen molar-refractivity contribution >= 4 is 11.6 Å². The molecule has 1 rings (SSSR count). The van der Waals surface area contributed by atoms with Crippen molar-refractivity contribution in [3.8, 4) is 0 Å². The molecule has 0 saturated carbocycles. The standard InChI is InChI=1S/C14H22N2O2/c1-4-5-6-7-8-14(17)16-15-12(3)13-10-9-11(2)18-13/h9-10H,4-8H2,1-3H3,(H,16,17). The first-order valence-electron chi connectivity index (χ1n) is 6.53. The summed E-state index contributed by atoms with van der Waals surface area (Å²) >= 11 is 0. The van der Waals surface area contributed by atoms with Crippen LogP contribution in [-0.2, 0) is 4.79 Å². The molecule has 4 nitrogen and oxygen atoms in total. The number of nitrogens with zero attached hydrogens (tertiary/aromatic N) is 1. The van der Waals surface area contributed by atoms with Gasteiger partial charge in [0.15, 0.2) is 0 Å². The lowest BCUT2D eigenvalue weighted by Crippen LogP contribution is -2.18. The molecule has 1 N–H and O–H groups in total. The van der Waals surface area contributed by atoms with Crippen molar-refractivity contribution in [2.45, 2.75) is 52.9 Å². The monoisotopic (exact) mass is 250 g/mol. The van der Waals surface area contributed by atoms with Crippen LogP contribution in [-0.4, -0.2) is 11.6 Å². The van der Waals surface area contributed by atoms with E-state index in [-0.39, 0.29) is 5.91 Å². The molecule has 0 bridgehead atoms. The Kier molecular flexibility index (Phi) is 6.19. The van der Waals surface area contributed by atoms with Crippen molar-refractivity contribution in [2.24, 2.45) is 5.10 Å². The van der Waals surface area contributed by atoms with Crippen LogP contribution < -0.4 is 5.43 Å². The Hall–Kier alpha value is -1.58. The highest BCUT2D eigenvalue weighted by molar-refractivity contribution is 5.96. The number of carbonyl (C=O) groups excluding carboxylic acids is 1. The number of rotatable bonds is 7. The summed E-state index contributed by atoms with van der Waals surface area (Å²) in [5, 5.41) is 4.03. The predicted molar refractivity (Wildman–Crippen MR) is 72.6 cm³/mol. The zero-order valence-corrected chi connectivity index (χ0v) is 11.5. The molecule has 1 amide bonds. The van der Waals surface area contributed by atoms with E-state index in [1.165, 1.54) is 12.8 Å². The molecule has 18 heavy (non-hydrogen) atoms. The third-order valence-corrected chi connectivity index (χ3v) is 2.70. The van der Waals surface area contributed by atoms with Gasteiger partial charge in [-0.25, -0.2) is 5.43 Å². The topological polar surface area (TPSA) is 54.6 Å². The number of hydrazone groups is 1. The van der Waals surface area contributed by atoms with Gasteiger partial charge in [-0.3, -0.25) is 4.79 Å². The highest BCUT2D eigenvalue weighted by Crippen LogP contribution is 2.07. The summed E-state index contributed by atoms with van der Waals surface area (Å²) in [5.41, 5.74) is 3.24. The van der Waals surface area contributed by atoms with E-state index in [4.69, 9.17) is 4.42 Å². The predicted octanol–water partition coefficient (Wildman–Crippen LogP) is 3.40. The molecular weight excluding hydrogens is 228 g/mol. The first-order chi connectivity index (χ1) is 8.63. The lowest BCUT2D eigenvalue weighted by Gasteiger charge is -2.01.